The predicted molar refractivity (Wildman–Crippen MR) is 114 cm³/mol. The summed E-state index contributed by atoms with van der Waals surface area (Å²) in [5, 5.41) is 12.2. The summed E-state index contributed by atoms with van der Waals surface area (Å²) in [6, 6.07) is 12.2. The van der Waals surface area contributed by atoms with Crippen molar-refractivity contribution in [3.63, 3.8) is 0 Å². The number of thiophene rings is 1. The summed E-state index contributed by atoms with van der Waals surface area (Å²) in [5.74, 6) is 1.47. The third kappa shape index (κ3) is 4.47. The third-order valence-electron chi connectivity index (χ3n) is 5.19. The minimum atomic E-state index is -0.394. The number of aromatic nitrogens is 3. The van der Waals surface area contributed by atoms with E-state index < -0.39 is 5.91 Å². The van der Waals surface area contributed by atoms with Crippen molar-refractivity contribution in [3.8, 4) is 0 Å². The minimum Gasteiger partial charge on any atom is -0.366 e. The first kappa shape index (κ1) is 19.2. The van der Waals surface area contributed by atoms with Crippen LogP contribution in [0.2, 0.25) is 0 Å². The lowest BCUT2D eigenvalue weighted by Crippen LogP contribution is -2.16. The van der Waals surface area contributed by atoms with Gasteiger partial charge in [0.15, 0.2) is 5.16 Å². The van der Waals surface area contributed by atoms with Crippen LogP contribution in [0, 0.1) is 0 Å². The van der Waals surface area contributed by atoms with Crippen molar-refractivity contribution in [2.75, 3.05) is 0 Å². The first-order valence-corrected chi connectivity index (χ1v) is 11.5. The van der Waals surface area contributed by atoms with E-state index in [2.05, 4.69) is 32.3 Å². The molecule has 0 spiro atoms. The highest BCUT2D eigenvalue weighted by molar-refractivity contribution is 7.98. The molecular weight excluding hydrogens is 388 g/mol. The van der Waals surface area contributed by atoms with Gasteiger partial charge in [0.05, 0.1) is 0 Å². The van der Waals surface area contributed by atoms with E-state index in [0.717, 1.165) is 28.7 Å². The van der Waals surface area contributed by atoms with Crippen molar-refractivity contribution < 1.29 is 4.79 Å². The fraction of sp³-hybridized carbons (Fsp3) is 0.381. The van der Waals surface area contributed by atoms with Crippen LogP contribution in [-0.2, 0) is 12.2 Å². The molecule has 146 valence electrons. The molecule has 28 heavy (non-hydrogen) atoms. The average Bonchev–Trinajstić information content (AvgIpc) is 3.37. The number of carbonyl (C=O) groups is 1. The van der Waals surface area contributed by atoms with Crippen LogP contribution in [0.3, 0.4) is 0 Å². The van der Waals surface area contributed by atoms with Crippen molar-refractivity contribution in [2.45, 2.75) is 55.5 Å². The molecule has 1 aliphatic carbocycles. The van der Waals surface area contributed by atoms with Gasteiger partial charge in [0.2, 0.25) is 5.91 Å². The molecule has 2 heterocycles. The zero-order valence-corrected chi connectivity index (χ0v) is 17.3. The Kier molecular flexibility index (Phi) is 6.12. The Morgan fingerprint density at radius 1 is 1.14 bits per heavy atom. The standard InChI is InChI=1S/C21H24N4OS2/c22-20(26)16-10-8-15(9-11-16)14-28-21-24-23-19(13-18-7-4-12-27-18)25(21)17-5-2-1-3-6-17/h4,7-12,17H,1-3,5-6,13-14H2,(H2,22,26). The zero-order valence-electron chi connectivity index (χ0n) is 15.7. The van der Waals surface area contributed by atoms with Crippen molar-refractivity contribution in [1.29, 1.82) is 0 Å². The molecule has 2 aromatic heterocycles. The molecule has 0 bridgehead atoms. The van der Waals surface area contributed by atoms with E-state index in [1.807, 2.05) is 12.1 Å². The highest BCUT2D eigenvalue weighted by Crippen LogP contribution is 2.34. The molecule has 0 atom stereocenters. The molecule has 1 fully saturated rings. The van der Waals surface area contributed by atoms with E-state index in [0.29, 0.717) is 11.6 Å². The van der Waals surface area contributed by atoms with E-state index in [9.17, 15) is 4.79 Å². The Morgan fingerprint density at radius 2 is 1.93 bits per heavy atom. The van der Waals surface area contributed by atoms with Gasteiger partial charge in [-0.1, -0.05) is 49.2 Å². The lowest BCUT2D eigenvalue weighted by molar-refractivity contribution is 0.100. The molecule has 2 N–H and O–H groups in total. The number of primary amides is 1. The molecule has 0 aliphatic heterocycles. The number of nitrogens with two attached hydrogens (primary N) is 1. The van der Waals surface area contributed by atoms with Crippen molar-refractivity contribution in [1.82, 2.24) is 14.8 Å². The Balaban J connectivity index is 1.53. The summed E-state index contributed by atoms with van der Waals surface area (Å²) in [5.41, 5.74) is 7.01. The molecule has 1 aliphatic rings. The topological polar surface area (TPSA) is 73.8 Å². The van der Waals surface area contributed by atoms with Crippen LogP contribution in [0.1, 0.15) is 64.8 Å². The van der Waals surface area contributed by atoms with Crippen LogP contribution in [0.25, 0.3) is 0 Å². The molecule has 3 aromatic rings. The highest BCUT2D eigenvalue weighted by atomic mass is 32.2. The number of nitrogens with zero attached hydrogens (tertiary/aromatic N) is 3. The molecular formula is C21H24N4OS2. The van der Waals surface area contributed by atoms with Gasteiger partial charge in [-0.3, -0.25) is 4.79 Å². The second kappa shape index (κ2) is 8.92. The second-order valence-electron chi connectivity index (χ2n) is 7.17. The SMILES string of the molecule is NC(=O)c1ccc(CSc2nnc(Cc3cccs3)n2C2CCCCC2)cc1. The first-order valence-electron chi connectivity index (χ1n) is 9.68. The Labute approximate surface area is 173 Å². The van der Waals surface area contributed by atoms with Crippen LogP contribution >= 0.6 is 23.1 Å². The summed E-state index contributed by atoms with van der Waals surface area (Å²) in [6.07, 6.45) is 7.13. The van der Waals surface area contributed by atoms with Gasteiger partial charge < -0.3 is 10.3 Å². The van der Waals surface area contributed by atoms with Gasteiger partial charge in [-0.25, -0.2) is 0 Å². The largest absolute Gasteiger partial charge is 0.366 e. The molecule has 1 aromatic carbocycles. The summed E-state index contributed by atoms with van der Waals surface area (Å²) >= 11 is 3.49. The minimum absolute atomic E-state index is 0.394. The fourth-order valence-corrected chi connectivity index (χ4v) is 5.40. The summed E-state index contributed by atoms with van der Waals surface area (Å²) in [6.45, 7) is 0. The molecule has 0 saturated heterocycles. The molecule has 0 unspecified atom stereocenters. The van der Waals surface area contributed by atoms with Gasteiger partial charge in [0, 0.05) is 28.7 Å². The quantitative estimate of drug-likeness (QED) is 0.564. The molecule has 1 saturated carbocycles. The lowest BCUT2D eigenvalue weighted by atomic mass is 9.95. The summed E-state index contributed by atoms with van der Waals surface area (Å²) in [7, 11) is 0. The van der Waals surface area contributed by atoms with Crippen molar-refractivity contribution in [2.24, 2.45) is 5.73 Å². The fourth-order valence-electron chi connectivity index (χ4n) is 3.71. The maximum absolute atomic E-state index is 11.2. The van der Waals surface area contributed by atoms with Crippen LogP contribution < -0.4 is 5.73 Å². The van der Waals surface area contributed by atoms with Gasteiger partial charge in [-0.05, 0) is 42.0 Å². The third-order valence-corrected chi connectivity index (χ3v) is 7.08. The van der Waals surface area contributed by atoms with Gasteiger partial charge in [-0.15, -0.1) is 21.5 Å². The van der Waals surface area contributed by atoms with E-state index in [1.165, 1.54) is 37.0 Å². The number of benzene rings is 1. The van der Waals surface area contributed by atoms with E-state index in [1.54, 1.807) is 35.2 Å². The van der Waals surface area contributed by atoms with E-state index in [4.69, 9.17) is 5.73 Å². The summed E-state index contributed by atoms with van der Waals surface area (Å²) in [4.78, 5) is 12.6. The van der Waals surface area contributed by atoms with Gasteiger partial charge >= 0.3 is 0 Å². The molecule has 7 heteroatoms. The van der Waals surface area contributed by atoms with Crippen molar-refractivity contribution in [3.05, 3.63) is 63.6 Å². The lowest BCUT2D eigenvalue weighted by Gasteiger charge is -2.25. The van der Waals surface area contributed by atoms with Crippen molar-refractivity contribution >= 4 is 29.0 Å². The average molecular weight is 413 g/mol. The number of hydrogen-bond acceptors (Lipinski definition) is 5. The number of rotatable bonds is 7. The first-order chi connectivity index (χ1) is 13.7. The smallest absolute Gasteiger partial charge is 0.248 e. The van der Waals surface area contributed by atoms with Gasteiger partial charge in [-0.2, -0.15) is 0 Å². The van der Waals surface area contributed by atoms with Gasteiger partial charge in [0.25, 0.3) is 0 Å². The molecule has 1 amide bonds. The van der Waals surface area contributed by atoms with Gasteiger partial charge in [0.1, 0.15) is 5.82 Å². The maximum Gasteiger partial charge on any atom is 0.248 e. The van der Waals surface area contributed by atoms with Crippen LogP contribution in [-0.4, -0.2) is 20.7 Å². The van der Waals surface area contributed by atoms with E-state index >= 15 is 0 Å². The van der Waals surface area contributed by atoms with Crippen LogP contribution in [0.4, 0.5) is 0 Å². The molecule has 4 rings (SSSR count). The Hall–Kier alpha value is -2.12. The maximum atomic E-state index is 11.2. The Morgan fingerprint density at radius 3 is 2.61 bits per heavy atom. The highest BCUT2D eigenvalue weighted by Gasteiger charge is 2.23. The Bertz CT molecular complexity index is 913. The molecule has 0 radical (unpaired) electrons. The number of thioether (sulfide) groups is 1. The van der Waals surface area contributed by atoms with Crippen LogP contribution in [0.15, 0.2) is 46.9 Å². The van der Waals surface area contributed by atoms with E-state index in [-0.39, 0.29) is 0 Å². The number of amides is 1. The normalized spacial score (nSPS) is 15.0. The zero-order chi connectivity index (χ0) is 19.3. The summed E-state index contributed by atoms with van der Waals surface area (Å²) < 4.78 is 2.39. The predicted octanol–water partition coefficient (Wildman–Crippen LogP) is 4.83. The van der Waals surface area contributed by atoms with Crippen LogP contribution in [0.5, 0.6) is 0 Å². The monoisotopic (exact) mass is 412 g/mol. The molecule has 5 nitrogen and oxygen atoms in total. The second-order valence-corrected chi connectivity index (χ2v) is 9.14. The number of carbonyl (C=O) groups excluding carboxylic acids is 1. The number of hydrogen-bond donors (Lipinski definition) is 1.